The number of aromatic nitrogens is 1. The number of carbonyl (C=O) groups excluding carboxylic acids is 2. The number of nitrogens with two attached hydrogens (primary N) is 1. The van der Waals surface area contributed by atoms with Crippen LogP contribution in [0.4, 0.5) is 5.82 Å². The first-order chi connectivity index (χ1) is 10.6. The van der Waals surface area contributed by atoms with Gasteiger partial charge in [-0.1, -0.05) is 6.07 Å². The Morgan fingerprint density at radius 2 is 2.12 bits per heavy atom. The molecule has 1 saturated heterocycles. The Balaban J connectivity index is 0.00000264. The number of amides is 2. The fraction of sp³-hybridized carbons (Fsp3) is 0.562. The molecule has 2 rings (SSSR count). The van der Waals surface area contributed by atoms with Crippen molar-refractivity contribution in [2.45, 2.75) is 32.6 Å². The van der Waals surface area contributed by atoms with E-state index in [2.05, 4.69) is 10.3 Å². The van der Waals surface area contributed by atoms with Crippen molar-refractivity contribution < 1.29 is 9.59 Å². The number of halogens is 2. The average molecular weight is 377 g/mol. The van der Waals surface area contributed by atoms with E-state index < -0.39 is 0 Å². The van der Waals surface area contributed by atoms with Gasteiger partial charge in [0.1, 0.15) is 5.82 Å². The number of hydrogen-bond donors (Lipinski definition) is 2. The van der Waals surface area contributed by atoms with Crippen LogP contribution in [0.15, 0.2) is 18.3 Å². The third-order valence-corrected chi connectivity index (χ3v) is 3.90. The van der Waals surface area contributed by atoms with Crippen molar-refractivity contribution >= 4 is 42.4 Å². The second-order valence-electron chi connectivity index (χ2n) is 5.78. The van der Waals surface area contributed by atoms with Crippen LogP contribution in [0.3, 0.4) is 0 Å². The number of anilines is 1. The van der Waals surface area contributed by atoms with E-state index in [9.17, 15) is 9.59 Å². The van der Waals surface area contributed by atoms with Crippen molar-refractivity contribution in [1.82, 2.24) is 9.88 Å². The van der Waals surface area contributed by atoms with E-state index in [-0.39, 0.29) is 42.5 Å². The molecule has 1 aromatic rings. The van der Waals surface area contributed by atoms with E-state index in [0.717, 1.165) is 24.9 Å². The van der Waals surface area contributed by atoms with Crippen molar-refractivity contribution in [1.29, 1.82) is 0 Å². The van der Waals surface area contributed by atoms with E-state index in [1.165, 1.54) is 0 Å². The zero-order valence-corrected chi connectivity index (χ0v) is 15.5. The maximum atomic E-state index is 12.3. The summed E-state index contributed by atoms with van der Waals surface area (Å²) in [5.74, 6) is 0.421. The predicted molar refractivity (Wildman–Crippen MR) is 99.7 cm³/mol. The molecule has 6 nitrogen and oxygen atoms in total. The predicted octanol–water partition coefficient (Wildman–Crippen LogP) is 2.15. The number of likely N-dealkylation sites (tertiary alicyclic amines) is 1. The first kappa shape index (κ1) is 22.6. The largest absolute Gasteiger partial charge is 0.342 e. The monoisotopic (exact) mass is 376 g/mol. The van der Waals surface area contributed by atoms with Crippen LogP contribution >= 0.6 is 24.8 Å². The standard InChI is InChI=1S/C16H24N4O2.2ClH/c1-12-6-7-14(18-10-12)19-16(22)13-4-3-9-20(11-13)15(21)5-2-8-17;;/h6-7,10,13H,2-5,8-9,11,17H2,1H3,(H,18,19,22);2*1H. The molecule has 136 valence electrons. The second-order valence-corrected chi connectivity index (χ2v) is 5.78. The lowest BCUT2D eigenvalue weighted by atomic mass is 9.96. The summed E-state index contributed by atoms with van der Waals surface area (Å²) in [4.78, 5) is 30.3. The number of carbonyl (C=O) groups is 2. The lowest BCUT2D eigenvalue weighted by Crippen LogP contribution is -2.43. The van der Waals surface area contributed by atoms with Crippen LogP contribution in [-0.2, 0) is 9.59 Å². The second kappa shape index (κ2) is 11.2. The van der Waals surface area contributed by atoms with Gasteiger partial charge < -0.3 is 16.0 Å². The van der Waals surface area contributed by atoms with E-state index in [1.807, 2.05) is 13.0 Å². The molecule has 0 aliphatic carbocycles. The minimum Gasteiger partial charge on any atom is -0.342 e. The molecule has 3 N–H and O–H groups in total. The van der Waals surface area contributed by atoms with Crippen molar-refractivity contribution in [3.63, 3.8) is 0 Å². The molecule has 0 bridgehead atoms. The van der Waals surface area contributed by atoms with Gasteiger partial charge in [-0.3, -0.25) is 9.59 Å². The van der Waals surface area contributed by atoms with Crippen LogP contribution in [0.5, 0.6) is 0 Å². The molecule has 0 saturated carbocycles. The zero-order chi connectivity index (χ0) is 15.9. The molecule has 1 aliphatic rings. The van der Waals surface area contributed by atoms with Crippen molar-refractivity contribution in [2.24, 2.45) is 11.7 Å². The zero-order valence-electron chi connectivity index (χ0n) is 13.9. The fourth-order valence-electron chi connectivity index (χ4n) is 2.60. The van der Waals surface area contributed by atoms with Gasteiger partial charge in [-0.2, -0.15) is 0 Å². The van der Waals surface area contributed by atoms with Crippen LogP contribution in [0.2, 0.25) is 0 Å². The van der Waals surface area contributed by atoms with Crippen molar-refractivity contribution in [2.75, 3.05) is 25.0 Å². The fourth-order valence-corrected chi connectivity index (χ4v) is 2.60. The van der Waals surface area contributed by atoms with Crippen LogP contribution in [0.25, 0.3) is 0 Å². The van der Waals surface area contributed by atoms with E-state index >= 15 is 0 Å². The highest BCUT2D eigenvalue weighted by Gasteiger charge is 2.28. The van der Waals surface area contributed by atoms with Gasteiger partial charge in [0.05, 0.1) is 5.92 Å². The Kier molecular flexibility index (Phi) is 10.6. The molecule has 24 heavy (non-hydrogen) atoms. The molecule has 2 amide bonds. The number of nitrogens with zero attached hydrogens (tertiary/aromatic N) is 2. The van der Waals surface area contributed by atoms with Crippen LogP contribution in [-0.4, -0.2) is 41.3 Å². The van der Waals surface area contributed by atoms with Gasteiger partial charge in [-0.05, 0) is 44.4 Å². The maximum absolute atomic E-state index is 12.3. The van der Waals surface area contributed by atoms with Gasteiger partial charge in [-0.25, -0.2) is 4.98 Å². The number of piperidine rings is 1. The Morgan fingerprint density at radius 3 is 2.75 bits per heavy atom. The van der Waals surface area contributed by atoms with Gasteiger partial charge in [0.15, 0.2) is 0 Å². The van der Waals surface area contributed by atoms with E-state index in [4.69, 9.17) is 5.73 Å². The normalized spacial score (nSPS) is 16.6. The van der Waals surface area contributed by atoms with Gasteiger partial charge in [0.2, 0.25) is 11.8 Å². The van der Waals surface area contributed by atoms with E-state index in [1.54, 1.807) is 17.2 Å². The summed E-state index contributed by atoms with van der Waals surface area (Å²) < 4.78 is 0. The molecule has 1 atom stereocenters. The Labute approximate surface area is 155 Å². The first-order valence-corrected chi connectivity index (χ1v) is 7.81. The quantitative estimate of drug-likeness (QED) is 0.823. The summed E-state index contributed by atoms with van der Waals surface area (Å²) in [6.45, 7) is 3.68. The maximum Gasteiger partial charge on any atom is 0.230 e. The molecule has 0 radical (unpaired) electrons. The lowest BCUT2D eigenvalue weighted by Gasteiger charge is -2.32. The molecule has 1 fully saturated rings. The van der Waals surface area contributed by atoms with Crippen LogP contribution in [0.1, 0.15) is 31.2 Å². The highest BCUT2D eigenvalue weighted by molar-refractivity contribution is 5.92. The van der Waals surface area contributed by atoms with Gasteiger partial charge in [0.25, 0.3) is 0 Å². The molecule has 2 heterocycles. The minimum absolute atomic E-state index is 0. The summed E-state index contributed by atoms with van der Waals surface area (Å²) in [5, 5.41) is 2.83. The molecule has 1 aliphatic heterocycles. The molecule has 0 aromatic carbocycles. The number of aryl methyl sites for hydroxylation is 1. The number of pyridine rings is 1. The average Bonchev–Trinajstić information content (AvgIpc) is 2.54. The Hall–Kier alpha value is -1.37. The summed E-state index contributed by atoms with van der Waals surface area (Å²) in [7, 11) is 0. The molecule has 1 aromatic heterocycles. The summed E-state index contributed by atoms with van der Waals surface area (Å²) >= 11 is 0. The number of nitrogens with one attached hydrogen (secondary N) is 1. The highest BCUT2D eigenvalue weighted by atomic mass is 35.5. The first-order valence-electron chi connectivity index (χ1n) is 7.81. The molecular weight excluding hydrogens is 351 g/mol. The third kappa shape index (κ3) is 6.63. The van der Waals surface area contributed by atoms with Gasteiger partial charge >= 0.3 is 0 Å². The number of rotatable bonds is 5. The Bertz CT molecular complexity index is 525. The van der Waals surface area contributed by atoms with Crippen LogP contribution in [0, 0.1) is 12.8 Å². The molecular formula is C16H26Cl2N4O2. The van der Waals surface area contributed by atoms with Crippen molar-refractivity contribution in [3.8, 4) is 0 Å². The SMILES string of the molecule is Cc1ccc(NC(=O)C2CCCN(C(=O)CCCN)C2)nc1.Cl.Cl. The van der Waals surface area contributed by atoms with Crippen LogP contribution < -0.4 is 11.1 Å². The van der Waals surface area contributed by atoms with Crippen molar-refractivity contribution in [3.05, 3.63) is 23.9 Å². The summed E-state index contributed by atoms with van der Waals surface area (Å²) in [6, 6.07) is 3.70. The topological polar surface area (TPSA) is 88.3 Å². The highest BCUT2D eigenvalue weighted by Crippen LogP contribution is 2.19. The van der Waals surface area contributed by atoms with Gasteiger partial charge in [-0.15, -0.1) is 24.8 Å². The molecule has 0 spiro atoms. The lowest BCUT2D eigenvalue weighted by molar-refractivity contribution is -0.134. The summed E-state index contributed by atoms with van der Waals surface area (Å²) in [6.07, 6.45) is 4.54. The minimum atomic E-state index is -0.168. The van der Waals surface area contributed by atoms with E-state index in [0.29, 0.717) is 31.7 Å². The summed E-state index contributed by atoms with van der Waals surface area (Å²) in [5.41, 5.74) is 6.49. The third-order valence-electron chi connectivity index (χ3n) is 3.90. The molecule has 1 unspecified atom stereocenters. The Morgan fingerprint density at radius 1 is 1.38 bits per heavy atom. The molecule has 8 heteroatoms. The van der Waals surface area contributed by atoms with Gasteiger partial charge in [0, 0.05) is 25.7 Å². The number of hydrogen-bond acceptors (Lipinski definition) is 4. The smallest absolute Gasteiger partial charge is 0.230 e.